The van der Waals surface area contributed by atoms with E-state index >= 15 is 0 Å². The summed E-state index contributed by atoms with van der Waals surface area (Å²) in [5.74, 6) is 0. The van der Waals surface area contributed by atoms with Gasteiger partial charge >= 0.3 is 5.69 Å². The van der Waals surface area contributed by atoms with Gasteiger partial charge in [0.05, 0.1) is 0 Å². The third-order valence-electron chi connectivity index (χ3n) is 1.71. The largest absolute Gasteiger partial charge is 0.328 e. The molecule has 1 rings (SSSR count). The fourth-order valence-corrected chi connectivity index (χ4v) is 0.930. The lowest BCUT2D eigenvalue weighted by Gasteiger charge is -1.94. The highest BCUT2D eigenvalue weighted by atomic mass is 16.1. The summed E-state index contributed by atoms with van der Waals surface area (Å²) in [7, 11) is 1.75. The Hall–Kier alpha value is -1.25. The molecular formula is C9H14N2O. The topological polar surface area (TPSA) is 26.9 Å². The number of allylic oxidation sites excluding steroid dienone is 2. The zero-order valence-electron chi connectivity index (χ0n) is 7.74. The van der Waals surface area contributed by atoms with Crippen molar-refractivity contribution in [3.05, 3.63) is 34.5 Å². The van der Waals surface area contributed by atoms with Crippen LogP contribution in [0.15, 0.2) is 28.8 Å². The Morgan fingerprint density at radius 2 is 2.17 bits per heavy atom. The maximum Gasteiger partial charge on any atom is 0.328 e. The van der Waals surface area contributed by atoms with E-state index in [-0.39, 0.29) is 5.69 Å². The van der Waals surface area contributed by atoms with Crippen molar-refractivity contribution in [2.45, 2.75) is 20.4 Å². The van der Waals surface area contributed by atoms with E-state index in [0.29, 0.717) is 6.54 Å². The highest BCUT2D eigenvalue weighted by molar-refractivity contribution is 4.94. The number of rotatable bonds is 2. The average Bonchev–Trinajstić information content (AvgIpc) is 2.30. The first-order valence-electron chi connectivity index (χ1n) is 3.96. The Morgan fingerprint density at radius 1 is 1.50 bits per heavy atom. The molecule has 0 aromatic carbocycles. The third kappa shape index (κ3) is 1.87. The van der Waals surface area contributed by atoms with Gasteiger partial charge in [-0.25, -0.2) is 4.79 Å². The van der Waals surface area contributed by atoms with Crippen LogP contribution in [0.2, 0.25) is 0 Å². The van der Waals surface area contributed by atoms with Gasteiger partial charge in [-0.15, -0.1) is 0 Å². The highest BCUT2D eigenvalue weighted by Gasteiger charge is 1.95. The fourth-order valence-electron chi connectivity index (χ4n) is 0.930. The first-order chi connectivity index (χ1) is 5.61. The van der Waals surface area contributed by atoms with Crippen molar-refractivity contribution in [2.75, 3.05) is 0 Å². The molecule has 0 saturated carbocycles. The molecule has 12 heavy (non-hydrogen) atoms. The quantitative estimate of drug-likeness (QED) is 0.605. The Kier molecular flexibility index (Phi) is 2.53. The first kappa shape index (κ1) is 8.84. The van der Waals surface area contributed by atoms with E-state index in [2.05, 4.69) is 0 Å². The van der Waals surface area contributed by atoms with Gasteiger partial charge in [0.2, 0.25) is 0 Å². The van der Waals surface area contributed by atoms with Crippen LogP contribution in [0.25, 0.3) is 0 Å². The van der Waals surface area contributed by atoms with E-state index < -0.39 is 0 Å². The van der Waals surface area contributed by atoms with Gasteiger partial charge in [-0.1, -0.05) is 11.6 Å². The van der Waals surface area contributed by atoms with Gasteiger partial charge in [-0.3, -0.25) is 4.57 Å². The molecule has 1 aromatic rings. The molecule has 0 spiro atoms. The van der Waals surface area contributed by atoms with Gasteiger partial charge in [0.1, 0.15) is 0 Å². The smallest absolute Gasteiger partial charge is 0.302 e. The second kappa shape index (κ2) is 3.43. The molecule has 1 aromatic heterocycles. The van der Waals surface area contributed by atoms with Crippen molar-refractivity contribution in [1.29, 1.82) is 0 Å². The summed E-state index contributed by atoms with van der Waals surface area (Å²) in [5.41, 5.74) is 1.26. The number of aromatic nitrogens is 2. The molecule has 0 radical (unpaired) electrons. The lowest BCUT2D eigenvalue weighted by molar-refractivity contribution is 0.727. The summed E-state index contributed by atoms with van der Waals surface area (Å²) in [5, 5.41) is 0. The van der Waals surface area contributed by atoms with E-state index in [4.69, 9.17) is 0 Å². The van der Waals surface area contributed by atoms with Crippen LogP contribution in [-0.2, 0) is 13.6 Å². The SMILES string of the molecule is CC(C)=CCn1ccn(C)c1=O. The fraction of sp³-hybridized carbons (Fsp3) is 0.444. The number of aryl methyl sites for hydroxylation is 1. The second-order valence-electron chi connectivity index (χ2n) is 3.13. The number of hydrogen-bond donors (Lipinski definition) is 0. The summed E-state index contributed by atoms with van der Waals surface area (Å²) in [6.07, 6.45) is 5.59. The predicted octanol–water partition coefficient (Wildman–Crippen LogP) is 1.15. The molecule has 0 aliphatic rings. The van der Waals surface area contributed by atoms with Crippen molar-refractivity contribution in [3.8, 4) is 0 Å². The van der Waals surface area contributed by atoms with E-state index in [1.165, 1.54) is 5.57 Å². The first-order valence-corrected chi connectivity index (χ1v) is 3.96. The molecule has 1 heterocycles. The molecule has 3 nitrogen and oxygen atoms in total. The summed E-state index contributed by atoms with van der Waals surface area (Å²) in [6.45, 7) is 4.71. The van der Waals surface area contributed by atoms with Gasteiger partial charge in [0, 0.05) is 26.0 Å². The predicted molar refractivity (Wildman–Crippen MR) is 49.1 cm³/mol. The van der Waals surface area contributed by atoms with E-state index in [9.17, 15) is 4.79 Å². The van der Waals surface area contributed by atoms with Crippen LogP contribution in [0.4, 0.5) is 0 Å². The van der Waals surface area contributed by atoms with Crippen molar-refractivity contribution in [3.63, 3.8) is 0 Å². The standard InChI is InChI=1S/C9H14N2O/c1-8(2)4-5-11-7-6-10(3)9(11)12/h4,6-7H,5H2,1-3H3. The van der Waals surface area contributed by atoms with Gasteiger partial charge in [-0.05, 0) is 13.8 Å². The number of nitrogens with zero attached hydrogens (tertiary/aromatic N) is 2. The molecular weight excluding hydrogens is 152 g/mol. The maximum absolute atomic E-state index is 11.3. The zero-order chi connectivity index (χ0) is 9.14. The Labute approximate surface area is 71.9 Å². The van der Waals surface area contributed by atoms with Gasteiger partial charge in [-0.2, -0.15) is 0 Å². The third-order valence-corrected chi connectivity index (χ3v) is 1.71. The molecule has 0 atom stereocenters. The van der Waals surface area contributed by atoms with Crippen LogP contribution in [0.5, 0.6) is 0 Å². The van der Waals surface area contributed by atoms with Crippen LogP contribution in [0, 0.1) is 0 Å². The van der Waals surface area contributed by atoms with Crippen LogP contribution in [-0.4, -0.2) is 9.13 Å². The van der Waals surface area contributed by atoms with Gasteiger partial charge in [0.15, 0.2) is 0 Å². The van der Waals surface area contributed by atoms with Crippen LogP contribution in [0.3, 0.4) is 0 Å². The van der Waals surface area contributed by atoms with E-state index in [0.717, 1.165) is 0 Å². The minimum atomic E-state index is 0.0347. The van der Waals surface area contributed by atoms with Crippen LogP contribution < -0.4 is 5.69 Å². The van der Waals surface area contributed by atoms with Crippen molar-refractivity contribution in [2.24, 2.45) is 7.05 Å². The molecule has 0 unspecified atom stereocenters. The summed E-state index contributed by atoms with van der Waals surface area (Å²) in [6, 6.07) is 0. The Balaban J connectivity index is 2.84. The van der Waals surface area contributed by atoms with Crippen LogP contribution in [0.1, 0.15) is 13.8 Å². The lowest BCUT2D eigenvalue weighted by atomic mass is 10.3. The molecule has 3 heteroatoms. The molecule has 0 amide bonds. The zero-order valence-corrected chi connectivity index (χ0v) is 7.74. The summed E-state index contributed by atoms with van der Waals surface area (Å²) in [4.78, 5) is 11.3. The number of imidazole rings is 1. The summed E-state index contributed by atoms with van der Waals surface area (Å²) < 4.78 is 3.24. The normalized spacial score (nSPS) is 9.92. The highest BCUT2D eigenvalue weighted by Crippen LogP contribution is 1.90. The molecule has 0 bridgehead atoms. The maximum atomic E-state index is 11.3. The van der Waals surface area contributed by atoms with Crippen molar-refractivity contribution in [1.82, 2.24) is 9.13 Å². The summed E-state index contributed by atoms with van der Waals surface area (Å²) >= 11 is 0. The molecule has 66 valence electrons. The number of hydrogen-bond acceptors (Lipinski definition) is 1. The van der Waals surface area contributed by atoms with Crippen molar-refractivity contribution < 1.29 is 0 Å². The minimum Gasteiger partial charge on any atom is -0.302 e. The lowest BCUT2D eigenvalue weighted by Crippen LogP contribution is -2.21. The van der Waals surface area contributed by atoms with E-state index in [1.807, 2.05) is 19.9 Å². The average molecular weight is 166 g/mol. The molecule has 0 saturated heterocycles. The van der Waals surface area contributed by atoms with Crippen LogP contribution >= 0.6 is 0 Å². The Bertz CT molecular complexity index is 340. The Morgan fingerprint density at radius 3 is 2.58 bits per heavy atom. The van der Waals surface area contributed by atoms with E-state index in [1.54, 1.807) is 28.6 Å². The van der Waals surface area contributed by atoms with Crippen molar-refractivity contribution >= 4 is 0 Å². The second-order valence-corrected chi connectivity index (χ2v) is 3.13. The molecule has 0 N–H and O–H groups in total. The molecule has 0 aliphatic heterocycles. The molecule has 0 fully saturated rings. The monoisotopic (exact) mass is 166 g/mol. The molecule has 0 aliphatic carbocycles. The van der Waals surface area contributed by atoms with Gasteiger partial charge < -0.3 is 4.57 Å². The minimum absolute atomic E-state index is 0.0347. The van der Waals surface area contributed by atoms with Gasteiger partial charge in [0.25, 0.3) is 0 Å².